The summed E-state index contributed by atoms with van der Waals surface area (Å²) in [7, 11) is -1.15. The van der Waals surface area contributed by atoms with Crippen LogP contribution in [0.15, 0.2) is 36.4 Å². The van der Waals surface area contributed by atoms with Gasteiger partial charge in [-0.05, 0) is 12.5 Å². The van der Waals surface area contributed by atoms with Gasteiger partial charge in [0.1, 0.15) is 10.5 Å². The van der Waals surface area contributed by atoms with Crippen LogP contribution in [-0.4, -0.2) is 41.7 Å². The molecule has 1 fully saturated rings. The van der Waals surface area contributed by atoms with Crippen LogP contribution in [-0.2, 0) is 16.9 Å². The molecule has 3 heterocycles. The first kappa shape index (κ1) is 16.3. The van der Waals surface area contributed by atoms with Gasteiger partial charge in [-0.3, -0.25) is 9.48 Å². The summed E-state index contributed by atoms with van der Waals surface area (Å²) in [4.78, 5) is 14.0. The molecule has 1 aliphatic heterocycles. The van der Waals surface area contributed by atoms with Gasteiger partial charge in [-0.2, -0.15) is 5.10 Å². The monoisotopic (exact) mass is 375 g/mol. The molecule has 0 unspecified atom stereocenters. The van der Waals surface area contributed by atoms with E-state index in [1.54, 1.807) is 4.68 Å². The quantitative estimate of drug-likeness (QED) is 0.761. The van der Waals surface area contributed by atoms with Crippen molar-refractivity contribution in [3.8, 4) is 11.3 Å². The molecular formula is C17H17N3O3S2. The molecule has 1 aliphatic rings. The number of aryl methyl sites for hydroxylation is 1. The van der Waals surface area contributed by atoms with Crippen LogP contribution in [0.2, 0.25) is 0 Å². The molecule has 1 N–H and O–H groups in total. The van der Waals surface area contributed by atoms with E-state index >= 15 is 0 Å². The summed E-state index contributed by atoms with van der Waals surface area (Å²) in [5, 5.41) is 8.33. The average molecular weight is 375 g/mol. The van der Waals surface area contributed by atoms with Crippen LogP contribution in [0.1, 0.15) is 16.1 Å². The van der Waals surface area contributed by atoms with Crippen molar-refractivity contribution in [2.75, 3.05) is 11.5 Å². The third-order valence-electron chi connectivity index (χ3n) is 4.35. The summed E-state index contributed by atoms with van der Waals surface area (Å²) in [5.41, 5.74) is 1.84. The number of thiophene rings is 1. The number of sulfone groups is 1. The molecule has 25 heavy (non-hydrogen) atoms. The van der Waals surface area contributed by atoms with Crippen molar-refractivity contribution in [1.29, 1.82) is 0 Å². The molecule has 0 aliphatic carbocycles. The maximum Gasteiger partial charge on any atom is 0.261 e. The van der Waals surface area contributed by atoms with Crippen molar-refractivity contribution in [1.82, 2.24) is 15.1 Å². The second-order valence-electron chi connectivity index (χ2n) is 6.24. The minimum atomic E-state index is -3.01. The summed E-state index contributed by atoms with van der Waals surface area (Å²) in [6.45, 7) is 0. The average Bonchev–Trinajstić information content (AvgIpc) is 3.24. The molecular weight excluding hydrogens is 358 g/mol. The molecule has 8 heteroatoms. The van der Waals surface area contributed by atoms with E-state index in [9.17, 15) is 13.2 Å². The highest BCUT2D eigenvalue weighted by atomic mass is 32.2. The molecule has 1 saturated heterocycles. The minimum absolute atomic E-state index is 0.0282. The highest BCUT2D eigenvalue weighted by Crippen LogP contribution is 2.33. The molecule has 6 nitrogen and oxygen atoms in total. The Hall–Kier alpha value is -2.19. The Bertz CT molecular complexity index is 1050. The van der Waals surface area contributed by atoms with E-state index in [4.69, 9.17) is 0 Å². The third kappa shape index (κ3) is 3.07. The molecule has 4 rings (SSSR count). The Kier molecular flexibility index (Phi) is 3.88. The highest BCUT2D eigenvalue weighted by Gasteiger charge is 2.29. The van der Waals surface area contributed by atoms with Gasteiger partial charge >= 0.3 is 0 Å². The number of nitrogens with one attached hydrogen (secondary N) is 1. The van der Waals surface area contributed by atoms with E-state index in [0.717, 1.165) is 21.5 Å². The zero-order valence-corrected chi connectivity index (χ0v) is 15.2. The number of hydrogen-bond donors (Lipinski definition) is 1. The largest absolute Gasteiger partial charge is 0.348 e. The summed E-state index contributed by atoms with van der Waals surface area (Å²) in [6.07, 6.45) is 0.482. The first-order valence-electron chi connectivity index (χ1n) is 7.96. The number of benzene rings is 1. The van der Waals surface area contributed by atoms with Crippen LogP contribution < -0.4 is 5.32 Å². The van der Waals surface area contributed by atoms with Crippen molar-refractivity contribution in [3.05, 3.63) is 41.3 Å². The van der Waals surface area contributed by atoms with Crippen molar-refractivity contribution in [3.63, 3.8) is 0 Å². The Balaban J connectivity index is 1.64. The van der Waals surface area contributed by atoms with Crippen molar-refractivity contribution in [2.24, 2.45) is 7.05 Å². The second-order valence-corrected chi connectivity index (χ2v) is 9.50. The Labute approximate surface area is 149 Å². The second kappa shape index (κ2) is 5.96. The zero-order chi connectivity index (χ0) is 17.6. The maximum atomic E-state index is 12.5. The first-order chi connectivity index (χ1) is 11.9. The Morgan fingerprint density at radius 1 is 1.32 bits per heavy atom. The lowest BCUT2D eigenvalue weighted by Gasteiger charge is -2.09. The third-order valence-corrected chi connectivity index (χ3v) is 7.32. The molecule has 2 aromatic heterocycles. The molecule has 1 atom stereocenters. The van der Waals surface area contributed by atoms with E-state index in [0.29, 0.717) is 11.3 Å². The van der Waals surface area contributed by atoms with E-state index in [2.05, 4.69) is 10.4 Å². The zero-order valence-electron chi connectivity index (χ0n) is 13.6. The number of fused-ring (bicyclic) bond motifs is 1. The molecule has 0 radical (unpaired) electrons. The summed E-state index contributed by atoms with van der Waals surface area (Å²) in [6, 6.07) is 11.4. The van der Waals surface area contributed by atoms with Gasteiger partial charge in [-0.25, -0.2) is 8.42 Å². The Morgan fingerprint density at radius 2 is 2.08 bits per heavy atom. The van der Waals surface area contributed by atoms with Gasteiger partial charge in [-0.15, -0.1) is 11.3 Å². The Morgan fingerprint density at radius 3 is 2.76 bits per heavy atom. The molecule has 1 aromatic carbocycles. The fourth-order valence-electron chi connectivity index (χ4n) is 3.13. The smallest absolute Gasteiger partial charge is 0.261 e. The van der Waals surface area contributed by atoms with Crippen molar-refractivity contribution in [2.45, 2.75) is 12.5 Å². The number of nitrogens with zero attached hydrogens (tertiary/aromatic N) is 2. The van der Waals surface area contributed by atoms with Crippen LogP contribution in [0.5, 0.6) is 0 Å². The normalized spacial score (nSPS) is 19.3. The lowest BCUT2D eigenvalue weighted by atomic mass is 10.1. The number of rotatable bonds is 3. The van der Waals surface area contributed by atoms with Crippen molar-refractivity contribution < 1.29 is 13.2 Å². The predicted octanol–water partition coefficient (Wildman–Crippen LogP) is 2.22. The molecule has 130 valence electrons. The molecule has 0 saturated carbocycles. The topological polar surface area (TPSA) is 81.1 Å². The van der Waals surface area contributed by atoms with Crippen LogP contribution in [0.4, 0.5) is 0 Å². The van der Waals surface area contributed by atoms with Gasteiger partial charge in [0.25, 0.3) is 5.91 Å². The lowest BCUT2D eigenvalue weighted by Crippen LogP contribution is -2.35. The predicted molar refractivity (Wildman–Crippen MR) is 98.6 cm³/mol. The van der Waals surface area contributed by atoms with Gasteiger partial charge in [0.15, 0.2) is 9.84 Å². The molecule has 0 bridgehead atoms. The van der Waals surface area contributed by atoms with E-state index in [1.807, 2.05) is 43.4 Å². The van der Waals surface area contributed by atoms with E-state index in [-0.39, 0.29) is 23.5 Å². The molecule has 3 aromatic rings. The number of amides is 1. The van der Waals surface area contributed by atoms with Gasteiger partial charge in [0, 0.05) is 24.0 Å². The lowest BCUT2D eigenvalue weighted by molar-refractivity contribution is 0.0945. The van der Waals surface area contributed by atoms with Crippen LogP contribution in [0.25, 0.3) is 21.5 Å². The van der Waals surface area contributed by atoms with E-state index < -0.39 is 9.84 Å². The minimum Gasteiger partial charge on any atom is -0.348 e. The molecule has 0 spiro atoms. The number of carbonyl (C=O) groups is 1. The highest BCUT2D eigenvalue weighted by molar-refractivity contribution is 7.91. The van der Waals surface area contributed by atoms with Crippen molar-refractivity contribution >= 4 is 37.3 Å². The summed E-state index contributed by atoms with van der Waals surface area (Å²) >= 11 is 1.37. The van der Waals surface area contributed by atoms with E-state index in [1.165, 1.54) is 11.3 Å². The van der Waals surface area contributed by atoms with Gasteiger partial charge < -0.3 is 5.32 Å². The maximum absolute atomic E-state index is 12.5. The number of carbonyl (C=O) groups excluding carboxylic acids is 1. The fourth-order valence-corrected chi connectivity index (χ4v) is 5.78. The summed E-state index contributed by atoms with van der Waals surface area (Å²) < 4.78 is 24.9. The van der Waals surface area contributed by atoms with Crippen LogP contribution >= 0.6 is 11.3 Å². The number of hydrogen-bond acceptors (Lipinski definition) is 5. The van der Waals surface area contributed by atoms with Crippen LogP contribution in [0, 0.1) is 0 Å². The fraction of sp³-hybridized carbons (Fsp3) is 0.294. The van der Waals surface area contributed by atoms with Gasteiger partial charge in [0.05, 0.1) is 16.4 Å². The van der Waals surface area contributed by atoms with Crippen LogP contribution in [0.3, 0.4) is 0 Å². The van der Waals surface area contributed by atoms with Gasteiger partial charge in [0.2, 0.25) is 0 Å². The first-order valence-corrected chi connectivity index (χ1v) is 10.6. The standard InChI is InChI=1S/C17H17N3O3S2/c1-20-17-13(15(19-20)11-5-3-2-4-6-11)9-14(24-17)16(21)18-12-7-8-25(22,23)10-12/h2-6,9,12H,7-8,10H2,1H3,(H,18,21)/t12-/m1/s1. The number of aromatic nitrogens is 2. The summed E-state index contributed by atoms with van der Waals surface area (Å²) in [5.74, 6) is -0.0466. The SMILES string of the molecule is Cn1nc(-c2ccccc2)c2cc(C(=O)N[C@@H]3CCS(=O)(=O)C3)sc21. The van der Waals surface area contributed by atoms with Gasteiger partial charge in [-0.1, -0.05) is 30.3 Å². The molecule has 1 amide bonds.